The van der Waals surface area contributed by atoms with Gasteiger partial charge in [-0.2, -0.15) is 0 Å². The Morgan fingerprint density at radius 2 is 1.88 bits per heavy atom. The molecule has 0 spiro atoms. The van der Waals surface area contributed by atoms with E-state index in [2.05, 4.69) is 24.2 Å². The normalized spacial score (nSPS) is 21.0. The van der Waals surface area contributed by atoms with Gasteiger partial charge in [0.1, 0.15) is 5.37 Å². The summed E-state index contributed by atoms with van der Waals surface area (Å²) in [5.41, 5.74) is 0. The van der Waals surface area contributed by atoms with Gasteiger partial charge in [-0.3, -0.25) is 4.99 Å². The van der Waals surface area contributed by atoms with E-state index >= 15 is 0 Å². The van der Waals surface area contributed by atoms with Crippen molar-refractivity contribution in [1.29, 1.82) is 0 Å². The van der Waals surface area contributed by atoms with Gasteiger partial charge in [0.25, 0.3) is 0 Å². The molecular weight excluding hydrogens is 214 g/mol. The fraction of sp³-hybridized carbons (Fsp3) is 0.500. The Kier molecular flexibility index (Phi) is 15.7. The molecule has 0 bridgehead atoms. The van der Waals surface area contributed by atoms with Crippen molar-refractivity contribution < 1.29 is 0 Å². The Hall–Kier alpha value is -0.760. The average Bonchev–Trinajstić information content (AvgIpc) is 2.37. The van der Waals surface area contributed by atoms with Crippen LogP contribution in [-0.2, 0) is 0 Å². The van der Waals surface area contributed by atoms with E-state index < -0.39 is 0 Å². The van der Waals surface area contributed by atoms with Crippen LogP contribution in [0.3, 0.4) is 0 Å². The van der Waals surface area contributed by atoms with Crippen LogP contribution in [0.2, 0.25) is 0 Å². The zero-order chi connectivity index (χ0) is 12.8. The second kappa shape index (κ2) is 14.2. The molecule has 0 radical (unpaired) electrons. The monoisotopic (exact) mass is 239 g/mol. The lowest BCUT2D eigenvalue weighted by Crippen LogP contribution is -2.14. The number of dihydropyridines is 1. The fourth-order valence-electron chi connectivity index (χ4n) is 1.15. The van der Waals surface area contributed by atoms with E-state index in [4.69, 9.17) is 0 Å². The first kappa shape index (κ1) is 17.6. The second-order valence-electron chi connectivity index (χ2n) is 2.56. The predicted octanol–water partition coefficient (Wildman–Crippen LogP) is 5.07. The summed E-state index contributed by atoms with van der Waals surface area (Å²) in [7, 11) is 0. The fourth-order valence-corrected chi connectivity index (χ4v) is 1.90. The van der Waals surface area contributed by atoms with Crippen molar-refractivity contribution >= 4 is 18.0 Å². The highest BCUT2D eigenvalue weighted by Crippen LogP contribution is 2.27. The first-order valence-corrected chi connectivity index (χ1v) is 6.90. The van der Waals surface area contributed by atoms with Crippen LogP contribution in [0.1, 0.15) is 34.1 Å². The molecule has 0 aromatic rings. The molecule has 1 nitrogen and oxygen atoms in total. The largest absolute Gasteiger partial charge is 0.278 e. The van der Waals surface area contributed by atoms with Crippen molar-refractivity contribution in [3.63, 3.8) is 0 Å². The maximum Gasteiger partial charge on any atom is 0.106 e. The van der Waals surface area contributed by atoms with Crippen molar-refractivity contribution in [2.24, 2.45) is 10.9 Å². The summed E-state index contributed by atoms with van der Waals surface area (Å²) in [6.07, 6.45) is 8.94. The third-order valence-corrected chi connectivity index (χ3v) is 2.66. The number of thioether (sulfide) groups is 1. The van der Waals surface area contributed by atoms with Crippen molar-refractivity contribution in [2.45, 2.75) is 39.5 Å². The van der Waals surface area contributed by atoms with Gasteiger partial charge in [-0.05, 0) is 17.9 Å². The number of rotatable bonds is 4. The molecule has 16 heavy (non-hydrogen) atoms. The third kappa shape index (κ3) is 7.52. The van der Waals surface area contributed by atoms with Crippen LogP contribution in [0, 0.1) is 5.92 Å². The average molecular weight is 239 g/mol. The van der Waals surface area contributed by atoms with Gasteiger partial charge in [0.05, 0.1) is 0 Å². The molecule has 1 aliphatic rings. The number of allylic oxidation sites excluding steroid dienone is 2. The summed E-state index contributed by atoms with van der Waals surface area (Å²) >= 11 is 1.67. The maximum absolute atomic E-state index is 4.35. The molecule has 1 aliphatic heterocycles. The van der Waals surface area contributed by atoms with E-state index in [9.17, 15) is 0 Å². The second-order valence-corrected chi connectivity index (χ2v) is 3.65. The van der Waals surface area contributed by atoms with E-state index in [-0.39, 0.29) is 0 Å². The minimum Gasteiger partial charge on any atom is -0.278 e. The molecule has 0 aromatic heterocycles. The molecule has 2 atom stereocenters. The first-order chi connectivity index (χ1) is 7.88. The molecule has 0 amide bonds. The van der Waals surface area contributed by atoms with Crippen LogP contribution in [0.5, 0.6) is 0 Å². The lowest BCUT2D eigenvalue weighted by Gasteiger charge is -2.19. The van der Waals surface area contributed by atoms with Gasteiger partial charge in [-0.1, -0.05) is 46.4 Å². The summed E-state index contributed by atoms with van der Waals surface area (Å²) in [5.74, 6) is 0.482. The van der Waals surface area contributed by atoms with E-state index in [1.165, 1.54) is 0 Å². The van der Waals surface area contributed by atoms with Gasteiger partial charge in [0, 0.05) is 12.1 Å². The van der Waals surface area contributed by atoms with Gasteiger partial charge in [-0.15, -0.1) is 18.3 Å². The summed E-state index contributed by atoms with van der Waals surface area (Å²) in [6, 6.07) is 0. The molecule has 0 saturated carbocycles. The van der Waals surface area contributed by atoms with Crippen molar-refractivity contribution in [3.05, 3.63) is 36.8 Å². The van der Waals surface area contributed by atoms with Crippen LogP contribution < -0.4 is 0 Å². The number of hydrogen-bond acceptors (Lipinski definition) is 2. The quantitative estimate of drug-likeness (QED) is 0.624. The standard InChI is InChI=1S/C10H13NS.2C2H6/c1-3-6-9-7-5-8-11-10(9)12-4-2;2*1-2/h3-5,7-10H,1-2,6H2;2*1-2H3. The molecule has 1 rings (SSSR count). The molecule has 0 aliphatic carbocycles. The molecule has 2 heteroatoms. The van der Waals surface area contributed by atoms with Crippen molar-refractivity contribution in [3.8, 4) is 0 Å². The van der Waals surface area contributed by atoms with Crippen LogP contribution in [0.25, 0.3) is 0 Å². The molecule has 92 valence electrons. The van der Waals surface area contributed by atoms with E-state index in [1.54, 1.807) is 11.8 Å². The summed E-state index contributed by atoms with van der Waals surface area (Å²) in [4.78, 5) is 4.35. The molecule has 1 heterocycles. The lowest BCUT2D eigenvalue weighted by atomic mass is 10.0. The lowest BCUT2D eigenvalue weighted by molar-refractivity contribution is 0.636. The summed E-state index contributed by atoms with van der Waals surface area (Å²) in [5, 5.41) is 2.14. The number of hydrogen-bond donors (Lipinski definition) is 0. The van der Waals surface area contributed by atoms with E-state index in [0.717, 1.165) is 6.42 Å². The molecule has 0 saturated heterocycles. The Morgan fingerprint density at radius 1 is 1.25 bits per heavy atom. The minimum absolute atomic E-state index is 0.297. The van der Waals surface area contributed by atoms with E-state index in [1.807, 2.05) is 51.5 Å². The maximum atomic E-state index is 4.35. The Bertz CT molecular complexity index is 195. The Labute approximate surface area is 105 Å². The SMILES string of the molecule is C=CCC1C=CC=NC1SC=C.CC.CC. The molecule has 2 unspecified atom stereocenters. The van der Waals surface area contributed by atoms with Crippen LogP contribution >= 0.6 is 11.8 Å². The Balaban J connectivity index is 0. The molecule has 0 fully saturated rings. The minimum atomic E-state index is 0.297. The van der Waals surface area contributed by atoms with Crippen molar-refractivity contribution in [2.75, 3.05) is 0 Å². The van der Waals surface area contributed by atoms with Crippen molar-refractivity contribution in [1.82, 2.24) is 0 Å². The zero-order valence-electron chi connectivity index (χ0n) is 11.0. The van der Waals surface area contributed by atoms with Crippen LogP contribution in [-0.4, -0.2) is 11.6 Å². The highest BCUT2D eigenvalue weighted by atomic mass is 32.2. The third-order valence-electron chi connectivity index (χ3n) is 1.72. The summed E-state index contributed by atoms with van der Waals surface area (Å²) < 4.78 is 0. The van der Waals surface area contributed by atoms with Gasteiger partial charge in [0.2, 0.25) is 0 Å². The van der Waals surface area contributed by atoms with E-state index in [0.29, 0.717) is 11.3 Å². The highest BCUT2D eigenvalue weighted by molar-refractivity contribution is 8.02. The zero-order valence-corrected chi connectivity index (χ0v) is 11.8. The highest BCUT2D eigenvalue weighted by Gasteiger charge is 2.17. The Morgan fingerprint density at radius 3 is 2.38 bits per heavy atom. The smallest absolute Gasteiger partial charge is 0.106 e. The molecule has 0 aromatic carbocycles. The van der Waals surface area contributed by atoms with Gasteiger partial charge < -0.3 is 0 Å². The van der Waals surface area contributed by atoms with Crippen LogP contribution in [0.4, 0.5) is 0 Å². The molecule has 0 N–H and O–H groups in total. The first-order valence-electron chi connectivity index (χ1n) is 5.95. The summed E-state index contributed by atoms with van der Waals surface area (Å²) in [6.45, 7) is 15.4. The topological polar surface area (TPSA) is 12.4 Å². The molecular formula is C14H25NS. The van der Waals surface area contributed by atoms with Crippen LogP contribution in [0.15, 0.2) is 41.8 Å². The van der Waals surface area contributed by atoms with Gasteiger partial charge >= 0.3 is 0 Å². The van der Waals surface area contributed by atoms with Gasteiger partial charge in [-0.25, -0.2) is 0 Å². The number of aliphatic imine (C=N–C) groups is 1. The van der Waals surface area contributed by atoms with Gasteiger partial charge in [0.15, 0.2) is 0 Å². The predicted molar refractivity (Wildman–Crippen MR) is 80.2 cm³/mol. The number of nitrogens with zero attached hydrogens (tertiary/aromatic N) is 1.